The second kappa shape index (κ2) is 5.58. The molecule has 0 aliphatic rings. The number of aryl methyl sites for hydroxylation is 2. The van der Waals surface area contributed by atoms with E-state index in [2.05, 4.69) is 4.98 Å². The molecule has 1 amide bonds. The number of thiophene rings is 1. The van der Waals surface area contributed by atoms with Gasteiger partial charge in [-0.05, 0) is 37.1 Å². The Morgan fingerprint density at radius 1 is 1.39 bits per heavy atom. The molecule has 118 valence electrons. The van der Waals surface area contributed by atoms with Gasteiger partial charge in [0.05, 0.1) is 16.8 Å². The van der Waals surface area contributed by atoms with Crippen molar-refractivity contribution in [3.05, 3.63) is 62.3 Å². The van der Waals surface area contributed by atoms with Crippen molar-refractivity contribution in [3.8, 4) is 0 Å². The first kappa shape index (κ1) is 15.4. The largest absolute Gasteiger partial charge is 0.365 e. The number of aromatic nitrogens is 2. The Labute approximate surface area is 135 Å². The first-order valence-electron chi connectivity index (χ1n) is 6.93. The first-order chi connectivity index (χ1) is 10.9. The van der Waals surface area contributed by atoms with Gasteiger partial charge < -0.3 is 5.73 Å². The summed E-state index contributed by atoms with van der Waals surface area (Å²) in [5.74, 6) is -0.423. The van der Waals surface area contributed by atoms with Crippen molar-refractivity contribution in [1.82, 2.24) is 9.55 Å². The van der Waals surface area contributed by atoms with Crippen LogP contribution in [0.25, 0.3) is 10.2 Å². The van der Waals surface area contributed by atoms with Gasteiger partial charge in [-0.1, -0.05) is 12.1 Å². The molecule has 0 fully saturated rings. The van der Waals surface area contributed by atoms with Crippen LogP contribution in [0.15, 0.2) is 29.1 Å². The average molecular weight is 331 g/mol. The number of amides is 1. The quantitative estimate of drug-likeness (QED) is 0.800. The minimum absolute atomic E-state index is 0.215. The molecule has 0 saturated heterocycles. The van der Waals surface area contributed by atoms with E-state index in [0.717, 1.165) is 11.3 Å². The van der Waals surface area contributed by atoms with E-state index < -0.39 is 5.91 Å². The van der Waals surface area contributed by atoms with Gasteiger partial charge in [-0.15, -0.1) is 11.3 Å². The zero-order valence-electron chi connectivity index (χ0n) is 12.6. The molecule has 3 rings (SSSR count). The molecule has 3 aromatic rings. The standard InChI is InChI=1S/C16H14FN3O2S/c1-8-12-15(23-13(8)14(18)21)19-9(2)20(16(12)22)7-10-4-3-5-11(17)6-10/h3-6H,7H2,1-2H3,(H2,18,21). The van der Waals surface area contributed by atoms with Gasteiger partial charge >= 0.3 is 0 Å². The van der Waals surface area contributed by atoms with Crippen molar-refractivity contribution in [2.75, 3.05) is 0 Å². The number of carbonyl (C=O) groups excluding carboxylic acids is 1. The fourth-order valence-corrected chi connectivity index (χ4v) is 3.63. The van der Waals surface area contributed by atoms with E-state index in [1.165, 1.54) is 16.7 Å². The summed E-state index contributed by atoms with van der Waals surface area (Å²) >= 11 is 1.12. The molecule has 0 unspecified atom stereocenters. The number of primary amides is 1. The van der Waals surface area contributed by atoms with Crippen LogP contribution in [-0.4, -0.2) is 15.5 Å². The van der Waals surface area contributed by atoms with Gasteiger partial charge in [-0.3, -0.25) is 14.2 Å². The Morgan fingerprint density at radius 3 is 2.78 bits per heavy atom. The molecule has 5 nitrogen and oxygen atoms in total. The van der Waals surface area contributed by atoms with Crippen molar-refractivity contribution in [1.29, 1.82) is 0 Å². The van der Waals surface area contributed by atoms with Crippen molar-refractivity contribution in [2.24, 2.45) is 5.73 Å². The number of nitrogens with two attached hydrogens (primary N) is 1. The minimum atomic E-state index is -0.570. The monoisotopic (exact) mass is 331 g/mol. The molecule has 0 aliphatic carbocycles. The highest BCUT2D eigenvalue weighted by Gasteiger charge is 2.19. The van der Waals surface area contributed by atoms with Gasteiger partial charge in [0.15, 0.2) is 0 Å². The van der Waals surface area contributed by atoms with Gasteiger partial charge in [-0.2, -0.15) is 0 Å². The molecule has 2 aromatic heterocycles. The van der Waals surface area contributed by atoms with E-state index in [9.17, 15) is 14.0 Å². The van der Waals surface area contributed by atoms with E-state index >= 15 is 0 Å². The molecule has 2 N–H and O–H groups in total. The fourth-order valence-electron chi connectivity index (χ4n) is 2.56. The maximum atomic E-state index is 13.3. The minimum Gasteiger partial charge on any atom is -0.365 e. The molecule has 2 heterocycles. The molecular weight excluding hydrogens is 317 g/mol. The van der Waals surface area contributed by atoms with E-state index in [4.69, 9.17) is 5.73 Å². The lowest BCUT2D eigenvalue weighted by Crippen LogP contribution is -2.24. The Kier molecular flexibility index (Phi) is 3.73. The number of nitrogens with zero attached hydrogens (tertiary/aromatic N) is 2. The first-order valence-corrected chi connectivity index (χ1v) is 7.75. The number of rotatable bonds is 3. The molecule has 0 bridgehead atoms. The third kappa shape index (κ3) is 2.63. The van der Waals surface area contributed by atoms with Crippen molar-refractivity contribution in [3.63, 3.8) is 0 Å². The summed E-state index contributed by atoms with van der Waals surface area (Å²) in [5, 5.41) is 0.394. The summed E-state index contributed by atoms with van der Waals surface area (Å²) in [6, 6.07) is 6.07. The summed E-state index contributed by atoms with van der Waals surface area (Å²) in [5.41, 5.74) is 6.30. The Balaban J connectivity index is 2.20. The predicted octanol–water partition coefficient (Wildman–Crippen LogP) is 2.36. The van der Waals surface area contributed by atoms with Crippen molar-refractivity contribution in [2.45, 2.75) is 20.4 Å². The van der Waals surface area contributed by atoms with Gasteiger partial charge in [0.2, 0.25) is 0 Å². The van der Waals surface area contributed by atoms with Gasteiger partial charge in [0.25, 0.3) is 11.5 Å². The summed E-state index contributed by atoms with van der Waals surface area (Å²) in [6.07, 6.45) is 0. The smallest absolute Gasteiger partial charge is 0.262 e. The van der Waals surface area contributed by atoms with E-state index in [1.54, 1.807) is 26.0 Å². The Morgan fingerprint density at radius 2 is 2.13 bits per heavy atom. The maximum Gasteiger partial charge on any atom is 0.262 e. The highest BCUT2D eigenvalue weighted by Crippen LogP contribution is 2.27. The molecule has 7 heteroatoms. The summed E-state index contributed by atoms with van der Waals surface area (Å²) in [6.45, 7) is 3.61. The van der Waals surface area contributed by atoms with E-state index in [1.807, 2.05) is 0 Å². The Hall–Kier alpha value is -2.54. The predicted molar refractivity (Wildman–Crippen MR) is 87.4 cm³/mol. The summed E-state index contributed by atoms with van der Waals surface area (Å²) in [4.78, 5) is 29.5. The highest BCUT2D eigenvalue weighted by atomic mass is 32.1. The zero-order valence-corrected chi connectivity index (χ0v) is 13.4. The van der Waals surface area contributed by atoms with Crippen LogP contribution >= 0.6 is 11.3 Å². The van der Waals surface area contributed by atoms with Crippen LogP contribution in [-0.2, 0) is 6.54 Å². The third-order valence-corrected chi connectivity index (χ3v) is 4.89. The maximum absolute atomic E-state index is 13.3. The average Bonchev–Trinajstić information content (AvgIpc) is 2.80. The molecule has 0 radical (unpaired) electrons. The second-order valence-corrected chi connectivity index (χ2v) is 6.28. The number of benzene rings is 1. The zero-order chi connectivity index (χ0) is 16.7. The van der Waals surface area contributed by atoms with Gasteiger partial charge in [-0.25, -0.2) is 9.37 Å². The SMILES string of the molecule is Cc1c(C(N)=O)sc2nc(C)n(Cc3cccc(F)c3)c(=O)c12. The van der Waals surface area contributed by atoms with E-state index in [0.29, 0.717) is 32.0 Å². The normalized spacial score (nSPS) is 11.1. The molecular formula is C16H14FN3O2S. The summed E-state index contributed by atoms with van der Waals surface area (Å²) in [7, 11) is 0. The van der Waals surface area contributed by atoms with Crippen LogP contribution in [0, 0.1) is 19.7 Å². The van der Waals surface area contributed by atoms with Gasteiger partial charge in [0.1, 0.15) is 16.5 Å². The van der Waals surface area contributed by atoms with Crippen LogP contribution in [0.5, 0.6) is 0 Å². The van der Waals surface area contributed by atoms with E-state index in [-0.39, 0.29) is 17.9 Å². The van der Waals surface area contributed by atoms with Crippen LogP contribution in [0.3, 0.4) is 0 Å². The topological polar surface area (TPSA) is 78.0 Å². The molecule has 0 atom stereocenters. The van der Waals surface area contributed by atoms with Crippen molar-refractivity contribution < 1.29 is 9.18 Å². The van der Waals surface area contributed by atoms with Gasteiger partial charge in [0, 0.05) is 0 Å². The Bertz CT molecular complexity index is 991. The van der Waals surface area contributed by atoms with Crippen LogP contribution in [0.4, 0.5) is 4.39 Å². The third-order valence-electron chi connectivity index (χ3n) is 3.69. The molecule has 0 spiro atoms. The summed E-state index contributed by atoms with van der Waals surface area (Å²) < 4.78 is 14.8. The fraction of sp³-hybridized carbons (Fsp3) is 0.188. The lowest BCUT2D eigenvalue weighted by atomic mass is 10.2. The number of hydrogen-bond donors (Lipinski definition) is 1. The molecule has 0 aliphatic heterocycles. The second-order valence-electron chi connectivity index (χ2n) is 5.28. The van der Waals surface area contributed by atoms with Crippen molar-refractivity contribution >= 4 is 27.5 Å². The number of hydrogen-bond acceptors (Lipinski definition) is 4. The number of carbonyl (C=O) groups is 1. The lowest BCUT2D eigenvalue weighted by Gasteiger charge is -2.10. The van der Waals surface area contributed by atoms with Crippen LogP contribution in [0.1, 0.15) is 26.6 Å². The molecule has 0 saturated carbocycles. The molecule has 23 heavy (non-hydrogen) atoms. The highest BCUT2D eigenvalue weighted by molar-refractivity contribution is 7.20. The van der Waals surface area contributed by atoms with Crippen LogP contribution in [0.2, 0.25) is 0 Å². The molecule has 1 aromatic carbocycles. The number of fused-ring (bicyclic) bond motifs is 1. The van der Waals surface area contributed by atoms with Crippen LogP contribution < -0.4 is 11.3 Å². The lowest BCUT2D eigenvalue weighted by molar-refractivity contribution is 0.100. The number of halogens is 1.